The molecule has 13 heteroatoms. The monoisotopic (exact) mass is 727 g/mol. The third-order valence-electron chi connectivity index (χ3n) is 10.6. The first-order valence-electron chi connectivity index (χ1n) is 17.5. The maximum absolute atomic E-state index is 13.5. The number of hydrogen-bond donors (Lipinski definition) is 1. The van der Waals surface area contributed by atoms with E-state index in [-0.39, 0.29) is 53.4 Å². The first kappa shape index (κ1) is 39.0. The molecule has 5 rings (SSSR count). The highest BCUT2D eigenvalue weighted by atomic mass is 16.8. The third-order valence-corrected chi connectivity index (χ3v) is 10.6. The zero-order chi connectivity index (χ0) is 38.3. The zero-order valence-corrected chi connectivity index (χ0v) is 32.4. The van der Waals surface area contributed by atoms with Gasteiger partial charge < -0.3 is 43.0 Å². The van der Waals surface area contributed by atoms with Crippen molar-refractivity contribution in [1.82, 2.24) is 5.06 Å². The molecule has 13 nitrogen and oxygen atoms in total. The molecular weight excluding hydrogens is 674 g/mol. The van der Waals surface area contributed by atoms with Crippen LogP contribution in [0.2, 0.25) is 0 Å². The number of esters is 2. The fraction of sp³-hybridized carbons (Fsp3) is 0.590. The van der Waals surface area contributed by atoms with Gasteiger partial charge in [0.25, 0.3) is 0 Å². The molecule has 2 aromatic carbocycles. The number of carbonyl (C=O) groups is 2. The highest BCUT2D eigenvalue weighted by molar-refractivity contribution is 5.91. The largest absolute Gasteiger partial charge is 0.493 e. The molecule has 52 heavy (non-hydrogen) atoms. The van der Waals surface area contributed by atoms with E-state index in [2.05, 4.69) is 27.7 Å². The van der Waals surface area contributed by atoms with Crippen LogP contribution >= 0.6 is 0 Å². The predicted octanol–water partition coefficient (Wildman–Crippen LogP) is 6.97. The standard InChI is InChI=1S/C39H53NO12/c1-13-21(2)36(42)52-35-25-18-26(44-10)31(45-11)33(46-12)29(25)28-24(30(51-23(4)41)22(3)39(35,9)43)17-27-32(48-19-47-27)34(28)49-20-50-40-37(5,6)15-14-16-38(40,7)8/h13,17-18,22,30,35,43H,14-16,19-20H2,1-12H3/b21-13-/t22-,30+,35-,39-/m0/s1. The van der Waals surface area contributed by atoms with E-state index < -0.39 is 35.7 Å². The summed E-state index contributed by atoms with van der Waals surface area (Å²) in [6.07, 6.45) is 2.08. The van der Waals surface area contributed by atoms with Crippen LogP contribution in [-0.2, 0) is 23.9 Å². The van der Waals surface area contributed by atoms with E-state index in [0.29, 0.717) is 33.6 Å². The molecule has 2 aliphatic heterocycles. The summed E-state index contributed by atoms with van der Waals surface area (Å²) >= 11 is 0. The Hall–Kier alpha value is -4.20. The van der Waals surface area contributed by atoms with Gasteiger partial charge in [-0.3, -0.25) is 9.63 Å². The smallest absolute Gasteiger partial charge is 0.334 e. The number of hydrogen-bond acceptors (Lipinski definition) is 13. The highest BCUT2D eigenvalue weighted by Crippen LogP contribution is 2.61. The van der Waals surface area contributed by atoms with Crippen LogP contribution in [0.1, 0.15) is 105 Å². The zero-order valence-electron chi connectivity index (χ0n) is 32.4. The second-order valence-electron chi connectivity index (χ2n) is 15.0. The number of hydroxylamine groups is 2. The Bertz CT molecular complexity index is 1710. The van der Waals surface area contributed by atoms with Crippen molar-refractivity contribution in [1.29, 1.82) is 0 Å². The molecule has 2 heterocycles. The lowest BCUT2D eigenvalue weighted by Crippen LogP contribution is -2.58. The summed E-state index contributed by atoms with van der Waals surface area (Å²) < 4.78 is 48.5. The van der Waals surface area contributed by atoms with Crippen molar-refractivity contribution in [3.05, 3.63) is 34.9 Å². The lowest BCUT2D eigenvalue weighted by Gasteiger charge is -2.51. The maximum atomic E-state index is 13.5. The topological polar surface area (TPSA) is 141 Å². The van der Waals surface area contributed by atoms with Gasteiger partial charge in [0.15, 0.2) is 29.1 Å². The SMILES string of the molecule is C/C=C(/C)C(=O)O[C@H]1c2cc(OC)c(OC)c(OC)c2-c2c(cc3c(c2OCON2C(C)(C)CCCC2(C)C)OCO3)[C@H](OC(C)=O)[C@H](C)[C@]1(C)O. The number of nitrogens with zero attached hydrogens (tertiary/aromatic N) is 1. The van der Waals surface area contributed by atoms with Gasteiger partial charge in [-0.2, -0.15) is 5.06 Å². The van der Waals surface area contributed by atoms with E-state index in [0.717, 1.165) is 19.3 Å². The molecule has 1 saturated heterocycles. The van der Waals surface area contributed by atoms with Gasteiger partial charge in [0.2, 0.25) is 25.1 Å². The maximum Gasteiger partial charge on any atom is 0.334 e. The minimum Gasteiger partial charge on any atom is -0.493 e. The first-order valence-corrected chi connectivity index (χ1v) is 17.5. The Morgan fingerprint density at radius 2 is 1.54 bits per heavy atom. The van der Waals surface area contributed by atoms with Crippen molar-refractivity contribution in [2.75, 3.05) is 34.9 Å². The first-order chi connectivity index (χ1) is 24.4. The van der Waals surface area contributed by atoms with Gasteiger partial charge in [0, 0.05) is 51.7 Å². The highest BCUT2D eigenvalue weighted by Gasteiger charge is 2.52. The quantitative estimate of drug-likeness (QED) is 0.153. The minimum atomic E-state index is -1.85. The molecule has 2 aromatic rings. The van der Waals surface area contributed by atoms with Gasteiger partial charge in [0.1, 0.15) is 11.7 Å². The van der Waals surface area contributed by atoms with Gasteiger partial charge in [0.05, 0.1) is 21.3 Å². The van der Waals surface area contributed by atoms with Gasteiger partial charge in [-0.1, -0.05) is 13.0 Å². The molecule has 3 aliphatic rings. The Morgan fingerprint density at radius 3 is 2.12 bits per heavy atom. The van der Waals surface area contributed by atoms with Crippen LogP contribution in [0.5, 0.6) is 34.5 Å². The fourth-order valence-corrected chi connectivity index (χ4v) is 7.73. The van der Waals surface area contributed by atoms with Crippen LogP contribution < -0.4 is 28.4 Å². The van der Waals surface area contributed by atoms with E-state index in [1.807, 2.05) is 5.06 Å². The van der Waals surface area contributed by atoms with E-state index in [1.165, 1.54) is 35.2 Å². The summed E-state index contributed by atoms with van der Waals surface area (Å²) in [7, 11) is 4.40. The number of aliphatic hydroxyl groups is 1. The van der Waals surface area contributed by atoms with Crippen molar-refractivity contribution < 1.29 is 57.4 Å². The van der Waals surface area contributed by atoms with Gasteiger partial charge in [-0.15, -0.1) is 0 Å². The molecule has 0 radical (unpaired) electrons. The summed E-state index contributed by atoms with van der Waals surface area (Å²) in [6.45, 7) is 16.1. The number of fused-ring (bicyclic) bond motifs is 4. The van der Waals surface area contributed by atoms with Crippen molar-refractivity contribution in [3.63, 3.8) is 0 Å². The number of piperidine rings is 1. The Kier molecular flexibility index (Phi) is 11.0. The molecular formula is C39H53NO12. The van der Waals surface area contributed by atoms with Crippen LogP contribution in [0.4, 0.5) is 0 Å². The van der Waals surface area contributed by atoms with Crippen molar-refractivity contribution in [2.45, 2.75) is 110 Å². The molecule has 0 unspecified atom stereocenters. The van der Waals surface area contributed by atoms with Crippen molar-refractivity contribution >= 4 is 11.9 Å². The summed E-state index contributed by atoms with van der Waals surface area (Å²) in [5.74, 6) is -0.676. The number of allylic oxidation sites excluding steroid dienone is 1. The molecule has 4 atom stereocenters. The second-order valence-corrected chi connectivity index (χ2v) is 15.0. The molecule has 1 N–H and O–H groups in total. The molecule has 0 amide bonds. The van der Waals surface area contributed by atoms with Crippen molar-refractivity contribution in [2.24, 2.45) is 5.92 Å². The molecule has 0 bridgehead atoms. The predicted molar refractivity (Wildman–Crippen MR) is 191 cm³/mol. The molecule has 0 saturated carbocycles. The van der Waals surface area contributed by atoms with Crippen molar-refractivity contribution in [3.8, 4) is 45.6 Å². The molecule has 0 spiro atoms. The molecule has 1 fully saturated rings. The summed E-state index contributed by atoms with van der Waals surface area (Å²) in [5, 5.41) is 14.5. The lowest BCUT2D eigenvalue weighted by molar-refractivity contribution is -0.304. The summed E-state index contributed by atoms with van der Waals surface area (Å²) in [4.78, 5) is 32.8. The average molecular weight is 728 g/mol. The average Bonchev–Trinajstić information content (AvgIpc) is 3.56. The molecule has 1 aliphatic carbocycles. The number of ether oxygens (including phenoxy) is 8. The van der Waals surface area contributed by atoms with Gasteiger partial charge in [-0.25, -0.2) is 4.79 Å². The normalized spacial score (nSPS) is 24.8. The number of carbonyl (C=O) groups excluding carboxylic acids is 2. The van der Waals surface area contributed by atoms with Gasteiger partial charge in [-0.05, 0) is 79.9 Å². The Labute approximate surface area is 305 Å². The lowest BCUT2D eigenvalue weighted by atomic mass is 9.71. The van der Waals surface area contributed by atoms with Gasteiger partial charge >= 0.3 is 11.9 Å². The van der Waals surface area contributed by atoms with Crippen LogP contribution in [-0.4, -0.2) is 73.7 Å². The summed E-state index contributed by atoms with van der Waals surface area (Å²) in [6, 6.07) is 3.35. The minimum absolute atomic E-state index is 0.105. The molecule has 0 aromatic heterocycles. The fourth-order valence-electron chi connectivity index (χ4n) is 7.73. The number of methoxy groups -OCH3 is 3. The van der Waals surface area contributed by atoms with Crippen LogP contribution in [0.15, 0.2) is 23.8 Å². The van der Waals surface area contributed by atoms with E-state index in [1.54, 1.807) is 39.0 Å². The van der Waals surface area contributed by atoms with Crippen LogP contribution in [0, 0.1) is 5.92 Å². The van der Waals surface area contributed by atoms with E-state index >= 15 is 0 Å². The van der Waals surface area contributed by atoms with Crippen LogP contribution in [0.25, 0.3) is 11.1 Å². The summed E-state index contributed by atoms with van der Waals surface area (Å²) in [5.41, 5.74) is -0.659. The number of benzene rings is 2. The second kappa shape index (κ2) is 14.7. The Morgan fingerprint density at radius 1 is 0.904 bits per heavy atom. The van der Waals surface area contributed by atoms with Crippen LogP contribution in [0.3, 0.4) is 0 Å². The van der Waals surface area contributed by atoms with E-state index in [4.69, 9.17) is 42.7 Å². The number of rotatable bonds is 10. The molecule has 286 valence electrons. The Balaban J connectivity index is 1.86. The van der Waals surface area contributed by atoms with E-state index in [9.17, 15) is 14.7 Å². The third kappa shape index (κ3) is 6.85.